The molecule has 2 nitrogen and oxygen atoms in total. The quantitative estimate of drug-likeness (QED) is 0.367. The molecule has 1 aromatic heterocycles. The van der Waals surface area contributed by atoms with Gasteiger partial charge >= 0.3 is 0 Å². The fourth-order valence-electron chi connectivity index (χ4n) is 2.90. The summed E-state index contributed by atoms with van der Waals surface area (Å²) in [5.41, 5.74) is 8.23. The zero-order chi connectivity index (χ0) is 17.7. The number of rotatable bonds is 5. The van der Waals surface area contributed by atoms with Crippen LogP contribution in [0, 0.1) is 19.9 Å². The van der Waals surface area contributed by atoms with E-state index in [1.54, 1.807) is 6.08 Å². The zero-order valence-corrected chi connectivity index (χ0v) is 18.0. The molecule has 0 spiro atoms. The summed E-state index contributed by atoms with van der Waals surface area (Å²) in [6.07, 6.45) is 9.83. The molecule has 0 amide bonds. The molecule has 0 unspecified atom stereocenters. The number of aromatic nitrogens is 2. The van der Waals surface area contributed by atoms with Gasteiger partial charge < -0.3 is 4.98 Å². The summed E-state index contributed by atoms with van der Waals surface area (Å²) in [6.45, 7) is 14.2. The second-order valence-electron chi connectivity index (χ2n) is 5.86. The van der Waals surface area contributed by atoms with Gasteiger partial charge in [0.05, 0.1) is 5.69 Å². The Morgan fingerprint density at radius 2 is 1.84 bits per heavy atom. The summed E-state index contributed by atoms with van der Waals surface area (Å²) in [7, 11) is 0. The van der Waals surface area contributed by atoms with Crippen molar-refractivity contribution in [3.05, 3.63) is 71.7 Å². The Kier molecular flexibility index (Phi) is 8.15. The van der Waals surface area contributed by atoms with E-state index in [0.29, 0.717) is 0 Å². The molecule has 0 fully saturated rings. The number of nitrogens with zero attached hydrogens (tertiary/aromatic N) is 2. The fourth-order valence-corrected chi connectivity index (χ4v) is 2.90. The van der Waals surface area contributed by atoms with Crippen molar-refractivity contribution in [2.75, 3.05) is 0 Å². The minimum atomic E-state index is 0. The molecule has 2 rings (SSSR count). The van der Waals surface area contributed by atoms with Crippen LogP contribution < -0.4 is 0 Å². The van der Waals surface area contributed by atoms with Gasteiger partial charge in [0, 0.05) is 32.0 Å². The summed E-state index contributed by atoms with van der Waals surface area (Å²) in [5.74, 6) is 0. The van der Waals surface area contributed by atoms with Crippen molar-refractivity contribution in [1.82, 2.24) is 9.97 Å². The van der Waals surface area contributed by atoms with Gasteiger partial charge in [-0.25, -0.2) is 6.08 Å². The van der Waals surface area contributed by atoms with Gasteiger partial charge in [0.25, 0.3) is 0 Å². The van der Waals surface area contributed by atoms with E-state index in [2.05, 4.69) is 57.7 Å². The Morgan fingerprint density at radius 3 is 2.32 bits per heavy atom. The molecule has 2 aromatic rings. The van der Waals surface area contributed by atoms with Crippen molar-refractivity contribution in [3.63, 3.8) is 0 Å². The SMILES string of the molecule is C=CC(=[C-]C)c1ncc(/C(=C\C)CC)nc1-c1cc(C)cc(C)c1.[Ir]. The van der Waals surface area contributed by atoms with Crippen molar-refractivity contribution in [2.24, 2.45) is 0 Å². The molecule has 0 saturated carbocycles. The van der Waals surface area contributed by atoms with Gasteiger partial charge in [-0.15, -0.1) is 0 Å². The van der Waals surface area contributed by atoms with Crippen LogP contribution in [-0.2, 0) is 20.1 Å². The van der Waals surface area contributed by atoms with Crippen LogP contribution in [0.5, 0.6) is 0 Å². The zero-order valence-electron chi connectivity index (χ0n) is 15.6. The van der Waals surface area contributed by atoms with Gasteiger partial charge in [-0.2, -0.15) is 18.2 Å². The van der Waals surface area contributed by atoms with Crippen LogP contribution >= 0.6 is 0 Å². The average molecular weight is 510 g/mol. The first-order chi connectivity index (χ1) is 11.5. The maximum Gasteiger partial charge on any atom is 0.0823 e. The third-order valence-corrected chi connectivity index (χ3v) is 4.05. The van der Waals surface area contributed by atoms with Gasteiger partial charge in [-0.05, 0) is 44.0 Å². The van der Waals surface area contributed by atoms with Crippen LogP contribution in [0.3, 0.4) is 0 Å². The predicted molar refractivity (Wildman–Crippen MR) is 103 cm³/mol. The number of aryl methyl sites for hydroxylation is 2. The molecule has 0 aliphatic carbocycles. The Hall–Kier alpha value is -1.83. The van der Waals surface area contributed by atoms with Crippen LogP contribution in [0.25, 0.3) is 22.4 Å². The Morgan fingerprint density at radius 1 is 1.20 bits per heavy atom. The van der Waals surface area contributed by atoms with Crippen molar-refractivity contribution in [3.8, 4) is 11.3 Å². The minimum absolute atomic E-state index is 0. The third kappa shape index (κ3) is 4.84. The molecule has 0 atom stereocenters. The average Bonchev–Trinajstić information content (AvgIpc) is 2.57. The number of hydrogen-bond donors (Lipinski definition) is 0. The monoisotopic (exact) mass is 510 g/mol. The first-order valence-corrected chi connectivity index (χ1v) is 8.32. The largest absolute Gasteiger partial charge is 0.316 e. The fraction of sp³-hybridized carbons (Fsp3) is 0.273. The second kappa shape index (κ2) is 9.60. The van der Waals surface area contributed by atoms with Gasteiger partial charge in [-0.1, -0.05) is 49.2 Å². The minimum Gasteiger partial charge on any atom is -0.316 e. The van der Waals surface area contributed by atoms with E-state index in [0.717, 1.165) is 34.6 Å². The smallest absolute Gasteiger partial charge is 0.0823 e. The summed E-state index contributed by atoms with van der Waals surface area (Å²) in [5, 5.41) is 0. The molecule has 0 N–H and O–H groups in total. The molecule has 0 saturated heterocycles. The van der Waals surface area contributed by atoms with Crippen LogP contribution in [-0.4, -0.2) is 9.97 Å². The molecule has 0 bridgehead atoms. The van der Waals surface area contributed by atoms with Gasteiger partial charge in [0.2, 0.25) is 0 Å². The van der Waals surface area contributed by atoms with E-state index in [4.69, 9.17) is 9.97 Å². The first kappa shape index (κ1) is 21.2. The van der Waals surface area contributed by atoms with E-state index in [1.165, 1.54) is 16.7 Å². The summed E-state index contributed by atoms with van der Waals surface area (Å²) in [6, 6.07) is 6.48. The standard InChI is InChI=1S/C22H25N2.Ir/c1-7-17(8-2)20-14-23-21(18(9-3)10-4)22(24-20)19-12-15(5)11-16(6)13-19;/h7,9,11-14H,3,8H2,1-2,4-6H3;/q-1;/b17-7-;. The Labute approximate surface area is 165 Å². The summed E-state index contributed by atoms with van der Waals surface area (Å²) < 4.78 is 0. The van der Waals surface area contributed by atoms with Crippen molar-refractivity contribution in [1.29, 1.82) is 0 Å². The Balaban J connectivity index is 0.00000312. The van der Waals surface area contributed by atoms with Crippen LogP contribution in [0.1, 0.15) is 49.7 Å². The molecule has 0 aliphatic heterocycles. The number of allylic oxidation sites excluding steroid dienone is 5. The van der Waals surface area contributed by atoms with Crippen LogP contribution in [0.2, 0.25) is 0 Å². The van der Waals surface area contributed by atoms with Crippen molar-refractivity contribution >= 4 is 11.1 Å². The normalized spacial score (nSPS) is 11.9. The maximum atomic E-state index is 4.94. The van der Waals surface area contributed by atoms with Crippen molar-refractivity contribution < 1.29 is 20.1 Å². The summed E-state index contributed by atoms with van der Waals surface area (Å²) in [4.78, 5) is 9.64. The number of benzene rings is 1. The molecule has 1 radical (unpaired) electrons. The van der Waals surface area contributed by atoms with E-state index in [1.807, 2.05) is 20.0 Å². The maximum absolute atomic E-state index is 4.94. The molecule has 1 heterocycles. The van der Waals surface area contributed by atoms with Crippen molar-refractivity contribution in [2.45, 2.75) is 41.0 Å². The molecule has 3 heteroatoms. The first-order valence-electron chi connectivity index (χ1n) is 8.32. The predicted octanol–water partition coefficient (Wildman–Crippen LogP) is 5.96. The van der Waals surface area contributed by atoms with E-state index < -0.39 is 0 Å². The van der Waals surface area contributed by atoms with E-state index in [-0.39, 0.29) is 20.1 Å². The van der Waals surface area contributed by atoms with E-state index >= 15 is 0 Å². The summed E-state index contributed by atoms with van der Waals surface area (Å²) >= 11 is 0. The third-order valence-electron chi connectivity index (χ3n) is 4.05. The second-order valence-corrected chi connectivity index (χ2v) is 5.86. The molecule has 25 heavy (non-hydrogen) atoms. The molecular weight excluding hydrogens is 484 g/mol. The molecule has 1 aromatic carbocycles. The van der Waals surface area contributed by atoms with E-state index in [9.17, 15) is 0 Å². The number of hydrogen-bond acceptors (Lipinski definition) is 2. The molecule has 0 aliphatic rings. The van der Waals surface area contributed by atoms with Crippen LogP contribution in [0.15, 0.2) is 43.1 Å². The van der Waals surface area contributed by atoms with Gasteiger partial charge in [0.1, 0.15) is 0 Å². The van der Waals surface area contributed by atoms with Gasteiger partial charge in [0.15, 0.2) is 0 Å². The molecular formula is C22H25IrN2-. The Bertz CT molecular complexity index is 797. The topological polar surface area (TPSA) is 25.8 Å². The molecule has 133 valence electrons. The van der Waals surface area contributed by atoms with Crippen LogP contribution in [0.4, 0.5) is 0 Å². The van der Waals surface area contributed by atoms with Gasteiger partial charge in [-0.3, -0.25) is 4.98 Å².